The van der Waals surface area contributed by atoms with Gasteiger partial charge < -0.3 is 36.3 Å². The SMILES string of the molecule is COc1c(C)cc(C[C@H](N)C(=O)O)cc1O.COc1ccc(C[C@H](N)C(=O)O)cc1C. The molecular weight excluding hydrogens is 404 g/mol. The van der Waals surface area contributed by atoms with Gasteiger partial charge in [0.1, 0.15) is 17.8 Å². The number of aryl methyl sites for hydroxylation is 2. The molecule has 0 bridgehead atoms. The predicted octanol–water partition coefficient (Wildman–Crippen LogP) is 1.62. The van der Waals surface area contributed by atoms with Gasteiger partial charge in [-0.25, -0.2) is 0 Å². The van der Waals surface area contributed by atoms with Gasteiger partial charge in [-0.1, -0.05) is 18.2 Å². The minimum absolute atomic E-state index is 0.00455. The first-order valence-corrected chi connectivity index (χ1v) is 9.46. The molecular formula is C22H30N2O7. The fourth-order valence-electron chi connectivity index (χ4n) is 2.96. The molecule has 9 heteroatoms. The van der Waals surface area contributed by atoms with E-state index in [1.165, 1.54) is 13.2 Å². The Hall–Kier alpha value is -3.30. The second-order valence-corrected chi connectivity index (χ2v) is 7.07. The maximum absolute atomic E-state index is 10.6. The first-order chi connectivity index (χ1) is 14.5. The van der Waals surface area contributed by atoms with Crippen LogP contribution in [-0.2, 0) is 22.4 Å². The number of aromatic hydroxyl groups is 1. The number of nitrogens with two attached hydrogens (primary N) is 2. The zero-order chi connectivity index (χ0) is 23.7. The highest BCUT2D eigenvalue weighted by Crippen LogP contribution is 2.31. The molecule has 2 aromatic rings. The van der Waals surface area contributed by atoms with E-state index >= 15 is 0 Å². The first kappa shape index (κ1) is 25.7. The summed E-state index contributed by atoms with van der Waals surface area (Å²) in [6.45, 7) is 3.68. The second kappa shape index (κ2) is 11.8. The van der Waals surface area contributed by atoms with Gasteiger partial charge in [-0.3, -0.25) is 9.59 Å². The van der Waals surface area contributed by atoms with Crippen LogP contribution in [0.25, 0.3) is 0 Å². The quantitative estimate of drug-likeness (QED) is 0.415. The molecule has 7 N–H and O–H groups in total. The molecule has 2 atom stereocenters. The van der Waals surface area contributed by atoms with Crippen LogP contribution in [0.4, 0.5) is 0 Å². The second-order valence-electron chi connectivity index (χ2n) is 7.07. The van der Waals surface area contributed by atoms with E-state index in [4.69, 9.17) is 31.2 Å². The average molecular weight is 434 g/mol. The van der Waals surface area contributed by atoms with Crippen LogP contribution in [0.15, 0.2) is 30.3 Å². The maximum atomic E-state index is 10.6. The fourth-order valence-corrected chi connectivity index (χ4v) is 2.96. The van der Waals surface area contributed by atoms with E-state index < -0.39 is 24.0 Å². The van der Waals surface area contributed by atoms with Crippen molar-refractivity contribution in [2.45, 2.75) is 38.8 Å². The van der Waals surface area contributed by atoms with Gasteiger partial charge in [-0.2, -0.15) is 0 Å². The van der Waals surface area contributed by atoms with Crippen molar-refractivity contribution >= 4 is 11.9 Å². The Bertz CT molecular complexity index is 892. The third kappa shape index (κ3) is 7.80. The van der Waals surface area contributed by atoms with Crippen LogP contribution in [0.3, 0.4) is 0 Å². The van der Waals surface area contributed by atoms with Crippen molar-refractivity contribution in [3.8, 4) is 17.2 Å². The number of carboxylic acids is 2. The Morgan fingerprint density at radius 2 is 1.39 bits per heavy atom. The monoisotopic (exact) mass is 434 g/mol. The Morgan fingerprint density at radius 1 is 0.871 bits per heavy atom. The molecule has 9 nitrogen and oxygen atoms in total. The number of rotatable bonds is 8. The number of hydrogen-bond donors (Lipinski definition) is 5. The van der Waals surface area contributed by atoms with Crippen LogP contribution in [-0.4, -0.2) is 53.6 Å². The molecule has 0 radical (unpaired) electrons. The van der Waals surface area contributed by atoms with E-state index in [1.807, 2.05) is 25.1 Å². The van der Waals surface area contributed by atoms with Crippen LogP contribution >= 0.6 is 0 Å². The van der Waals surface area contributed by atoms with Crippen molar-refractivity contribution in [2.24, 2.45) is 11.5 Å². The lowest BCUT2D eigenvalue weighted by Crippen LogP contribution is -2.32. The number of methoxy groups -OCH3 is 2. The van der Waals surface area contributed by atoms with Gasteiger partial charge in [-0.05, 0) is 61.1 Å². The van der Waals surface area contributed by atoms with Gasteiger partial charge >= 0.3 is 11.9 Å². The Morgan fingerprint density at radius 3 is 1.81 bits per heavy atom. The molecule has 0 aliphatic heterocycles. The van der Waals surface area contributed by atoms with Crippen molar-refractivity contribution < 1.29 is 34.4 Å². The number of aliphatic carboxylic acids is 2. The first-order valence-electron chi connectivity index (χ1n) is 9.46. The Kier molecular flexibility index (Phi) is 9.78. The molecule has 2 rings (SSSR count). The van der Waals surface area contributed by atoms with E-state index in [-0.39, 0.29) is 12.2 Å². The molecule has 0 fully saturated rings. The lowest BCUT2D eigenvalue weighted by atomic mass is 10.0. The van der Waals surface area contributed by atoms with E-state index in [9.17, 15) is 14.7 Å². The van der Waals surface area contributed by atoms with Crippen LogP contribution in [0, 0.1) is 13.8 Å². The van der Waals surface area contributed by atoms with E-state index in [2.05, 4.69) is 0 Å². The van der Waals surface area contributed by atoms with Gasteiger partial charge in [0.15, 0.2) is 11.5 Å². The van der Waals surface area contributed by atoms with Crippen LogP contribution < -0.4 is 20.9 Å². The largest absolute Gasteiger partial charge is 0.504 e. The number of benzene rings is 2. The summed E-state index contributed by atoms with van der Waals surface area (Å²) in [5.41, 5.74) is 14.1. The molecule has 0 aromatic heterocycles. The zero-order valence-electron chi connectivity index (χ0n) is 18.1. The zero-order valence-corrected chi connectivity index (χ0v) is 18.1. The van der Waals surface area contributed by atoms with Crippen LogP contribution in [0.5, 0.6) is 17.2 Å². The topological polar surface area (TPSA) is 165 Å². The Labute approximate surface area is 181 Å². The van der Waals surface area contributed by atoms with Gasteiger partial charge in [0, 0.05) is 0 Å². The van der Waals surface area contributed by atoms with Gasteiger partial charge in [0.2, 0.25) is 0 Å². The summed E-state index contributed by atoms with van der Waals surface area (Å²) >= 11 is 0. The van der Waals surface area contributed by atoms with Crippen molar-refractivity contribution in [3.05, 3.63) is 52.6 Å². The molecule has 31 heavy (non-hydrogen) atoms. The molecule has 2 aromatic carbocycles. The highest BCUT2D eigenvalue weighted by Gasteiger charge is 2.15. The average Bonchev–Trinajstić information content (AvgIpc) is 2.68. The molecule has 0 saturated heterocycles. The number of carboxylic acid groups (broad SMARTS) is 2. The highest BCUT2D eigenvalue weighted by atomic mass is 16.5. The highest BCUT2D eigenvalue weighted by molar-refractivity contribution is 5.74. The van der Waals surface area contributed by atoms with E-state index in [1.54, 1.807) is 20.1 Å². The van der Waals surface area contributed by atoms with Crippen molar-refractivity contribution in [1.82, 2.24) is 0 Å². The number of phenolic OH excluding ortho intramolecular Hbond substituents is 1. The third-order valence-corrected chi connectivity index (χ3v) is 4.52. The maximum Gasteiger partial charge on any atom is 0.320 e. The number of phenols is 1. The molecule has 0 aliphatic rings. The van der Waals surface area contributed by atoms with Crippen molar-refractivity contribution in [3.63, 3.8) is 0 Å². The summed E-state index contributed by atoms with van der Waals surface area (Å²) in [6, 6.07) is 6.94. The van der Waals surface area contributed by atoms with E-state index in [0.717, 1.165) is 22.4 Å². The standard InChI is InChI=1S/C11H15NO4.C11H15NO3/c1-6-3-7(4-8(12)11(14)15)5-9(13)10(6)16-2;1-7-5-8(3-4-10(7)15-2)6-9(12)11(13)14/h3,5,8,13H,4,12H2,1-2H3,(H,14,15);3-5,9H,6,12H2,1-2H3,(H,13,14)/t8-;9-/m00/s1. The normalized spacial score (nSPS) is 12.2. The van der Waals surface area contributed by atoms with Crippen LogP contribution in [0.2, 0.25) is 0 Å². The van der Waals surface area contributed by atoms with Crippen molar-refractivity contribution in [1.29, 1.82) is 0 Å². The molecule has 0 amide bonds. The third-order valence-electron chi connectivity index (χ3n) is 4.52. The summed E-state index contributed by atoms with van der Waals surface area (Å²) in [7, 11) is 3.07. The molecule has 0 saturated carbocycles. The molecule has 0 spiro atoms. The predicted molar refractivity (Wildman–Crippen MR) is 116 cm³/mol. The van der Waals surface area contributed by atoms with E-state index in [0.29, 0.717) is 17.7 Å². The Balaban J connectivity index is 0.000000311. The summed E-state index contributed by atoms with van der Waals surface area (Å²) < 4.78 is 10.1. The van der Waals surface area contributed by atoms with Gasteiger partial charge in [0.25, 0.3) is 0 Å². The summed E-state index contributed by atoms with van der Waals surface area (Å²) in [6.07, 6.45) is 0.508. The van der Waals surface area contributed by atoms with Gasteiger partial charge in [-0.15, -0.1) is 0 Å². The molecule has 170 valence electrons. The summed E-state index contributed by atoms with van der Waals surface area (Å²) in [4.78, 5) is 21.1. The minimum Gasteiger partial charge on any atom is -0.504 e. The van der Waals surface area contributed by atoms with Crippen LogP contribution in [0.1, 0.15) is 22.3 Å². The number of ether oxygens (including phenoxy) is 2. The molecule has 0 aliphatic carbocycles. The number of hydrogen-bond acceptors (Lipinski definition) is 7. The van der Waals surface area contributed by atoms with Gasteiger partial charge in [0.05, 0.1) is 14.2 Å². The number of carbonyl (C=O) groups is 2. The lowest BCUT2D eigenvalue weighted by molar-refractivity contribution is -0.139. The smallest absolute Gasteiger partial charge is 0.320 e. The lowest BCUT2D eigenvalue weighted by Gasteiger charge is -2.11. The molecule has 0 unspecified atom stereocenters. The fraction of sp³-hybridized carbons (Fsp3) is 0.364. The summed E-state index contributed by atoms with van der Waals surface area (Å²) in [5.74, 6) is -0.859. The van der Waals surface area contributed by atoms with Crippen molar-refractivity contribution in [2.75, 3.05) is 14.2 Å². The summed E-state index contributed by atoms with van der Waals surface area (Å²) in [5, 5.41) is 26.9. The molecule has 0 heterocycles. The minimum atomic E-state index is -1.06.